The first-order chi connectivity index (χ1) is 12.6. The zero-order chi connectivity index (χ0) is 18.8. The van der Waals surface area contributed by atoms with Gasteiger partial charge in [-0.05, 0) is 17.9 Å². The van der Waals surface area contributed by atoms with Crippen LogP contribution in [0.15, 0.2) is 41.5 Å². The second-order valence-electron chi connectivity index (χ2n) is 6.76. The van der Waals surface area contributed by atoms with Crippen LogP contribution in [-0.2, 0) is 11.3 Å². The number of ether oxygens (including phenoxy) is 1. The van der Waals surface area contributed by atoms with E-state index in [0.717, 1.165) is 49.2 Å². The van der Waals surface area contributed by atoms with E-state index in [0.29, 0.717) is 12.5 Å². The number of hydrogen-bond acceptors (Lipinski definition) is 3. The molecule has 0 aliphatic rings. The molecule has 0 fully saturated rings. The lowest BCUT2D eigenvalue weighted by molar-refractivity contribution is 0.108. The van der Waals surface area contributed by atoms with Gasteiger partial charge < -0.3 is 19.9 Å². The van der Waals surface area contributed by atoms with Crippen LogP contribution in [0.25, 0.3) is 11.3 Å². The summed E-state index contributed by atoms with van der Waals surface area (Å²) in [6.07, 6.45) is 2.83. The summed E-state index contributed by atoms with van der Waals surface area (Å²) >= 11 is 0. The Morgan fingerprint density at radius 3 is 2.70 bits per heavy atom. The highest BCUT2D eigenvalue weighted by molar-refractivity contribution is 14.0. The van der Waals surface area contributed by atoms with Crippen molar-refractivity contribution in [1.29, 1.82) is 0 Å². The Morgan fingerprint density at radius 2 is 2.04 bits per heavy atom. The first-order valence-electron chi connectivity index (χ1n) is 9.19. The largest absolute Gasteiger partial charge is 0.381 e. The molecule has 1 heterocycles. The smallest absolute Gasteiger partial charge is 0.193 e. The van der Waals surface area contributed by atoms with Crippen molar-refractivity contribution >= 4 is 29.9 Å². The first kappa shape index (κ1) is 23.4. The third-order valence-electron chi connectivity index (χ3n) is 3.87. The van der Waals surface area contributed by atoms with Crippen molar-refractivity contribution in [2.24, 2.45) is 10.9 Å². The molecular formula is C20H32IN5O. The van der Waals surface area contributed by atoms with E-state index in [1.165, 1.54) is 0 Å². The van der Waals surface area contributed by atoms with Gasteiger partial charge in [0.1, 0.15) is 5.82 Å². The minimum Gasteiger partial charge on any atom is -0.381 e. The predicted molar refractivity (Wildman–Crippen MR) is 123 cm³/mol. The van der Waals surface area contributed by atoms with E-state index in [4.69, 9.17) is 4.74 Å². The van der Waals surface area contributed by atoms with Crippen LogP contribution in [0.4, 0.5) is 0 Å². The van der Waals surface area contributed by atoms with Gasteiger partial charge in [0.05, 0.1) is 18.4 Å². The third kappa shape index (κ3) is 8.30. The molecule has 0 spiro atoms. The second-order valence-corrected chi connectivity index (χ2v) is 6.76. The van der Waals surface area contributed by atoms with Gasteiger partial charge in [-0.2, -0.15) is 0 Å². The fourth-order valence-electron chi connectivity index (χ4n) is 2.58. The van der Waals surface area contributed by atoms with Crippen LogP contribution < -0.4 is 5.32 Å². The molecule has 0 aliphatic carbocycles. The summed E-state index contributed by atoms with van der Waals surface area (Å²) in [5.74, 6) is 2.34. The Hall–Kier alpha value is -1.61. The van der Waals surface area contributed by atoms with E-state index in [-0.39, 0.29) is 24.0 Å². The lowest BCUT2D eigenvalue weighted by Gasteiger charge is -2.21. The quantitative estimate of drug-likeness (QED) is 0.246. The molecule has 2 N–H and O–H groups in total. The number of nitrogens with one attached hydrogen (secondary N) is 2. The molecule has 6 nitrogen and oxygen atoms in total. The van der Waals surface area contributed by atoms with Crippen molar-refractivity contribution in [3.05, 3.63) is 42.4 Å². The molecule has 0 bridgehead atoms. The molecule has 1 aromatic carbocycles. The average Bonchev–Trinajstić information content (AvgIpc) is 3.10. The van der Waals surface area contributed by atoms with Gasteiger partial charge in [-0.1, -0.05) is 44.2 Å². The minimum absolute atomic E-state index is 0. The molecule has 150 valence electrons. The number of nitrogens with zero attached hydrogens (tertiary/aromatic N) is 3. The zero-order valence-electron chi connectivity index (χ0n) is 16.7. The minimum atomic E-state index is 0. The number of aromatic nitrogens is 2. The van der Waals surface area contributed by atoms with Crippen molar-refractivity contribution in [2.45, 2.75) is 26.8 Å². The second kappa shape index (κ2) is 12.7. The van der Waals surface area contributed by atoms with Crippen molar-refractivity contribution < 1.29 is 4.74 Å². The van der Waals surface area contributed by atoms with Crippen LogP contribution in [0.1, 0.15) is 26.1 Å². The van der Waals surface area contributed by atoms with Crippen LogP contribution in [0.2, 0.25) is 0 Å². The molecule has 0 amide bonds. The van der Waals surface area contributed by atoms with Crippen molar-refractivity contribution in [3.63, 3.8) is 0 Å². The van der Waals surface area contributed by atoms with Gasteiger partial charge in [0.15, 0.2) is 5.96 Å². The number of aromatic amines is 1. The van der Waals surface area contributed by atoms with Gasteiger partial charge in [-0.15, -0.1) is 24.0 Å². The summed E-state index contributed by atoms with van der Waals surface area (Å²) in [5.41, 5.74) is 2.16. The Balaban J connectivity index is 0.00000364. The van der Waals surface area contributed by atoms with Crippen LogP contribution in [0.3, 0.4) is 0 Å². The molecule has 2 aromatic rings. The third-order valence-corrected chi connectivity index (χ3v) is 3.87. The number of aliphatic imine (C=N–C) groups is 1. The summed E-state index contributed by atoms with van der Waals surface area (Å²) in [6.45, 7) is 7.40. The van der Waals surface area contributed by atoms with Crippen molar-refractivity contribution in [1.82, 2.24) is 20.2 Å². The van der Waals surface area contributed by atoms with Gasteiger partial charge >= 0.3 is 0 Å². The highest BCUT2D eigenvalue weighted by atomic mass is 127. The molecular weight excluding hydrogens is 453 g/mol. The van der Waals surface area contributed by atoms with Gasteiger partial charge in [0.25, 0.3) is 0 Å². The summed E-state index contributed by atoms with van der Waals surface area (Å²) < 4.78 is 5.60. The van der Waals surface area contributed by atoms with E-state index in [9.17, 15) is 0 Å². The van der Waals surface area contributed by atoms with Crippen molar-refractivity contribution in [2.75, 3.05) is 33.9 Å². The number of halogens is 1. The van der Waals surface area contributed by atoms with E-state index < -0.39 is 0 Å². The van der Waals surface area contributed by atoms with Gasteiger partial charge in [0.2, 0.25) is 0 Å². The van der Waals surface area contributed by atoms with Gasteiger partial charge in [0, 0.05) is 33.9 Å². The van der Waals surface area contributed by atoms with Crippen LogP contribution in [0.5, 0.6) is 0 Å². The zero-order valence-corrected chi connectivity index (χ0v) is 19.1. The lowest BCUT2D eigenvalue weighted by atomic mass is 10.2. The van der Waals surface area contributed by atoms with E-state index in [1.54, 1.807) is 7.05 Å². The number of benzene rings is 1. The van der Waals surface area contributed by atoms with Crippen LogP contribution >= 0.6 is 24.0 Å². The molecule has 0 saturated heterocycles. The molecule has 0 unspecified atom stereocenters. The Bertz CT molecular complexity index is 672. The Morgan fingerprint density at radius 1 is 1.30 bits per heavy atom. The molecule has 0 atom stereocenters. The molecule has 27 heavy (non-hydrogen) atoms. The molecule has 2 rings (SSSR count). The van der Waals surface area contributed by atoms with Crippen molar-refractivity contribution in [3.8, 4) is 11.3 Å². The van der Waals surface area contributed by atoms with Gasteiger partial charge in [-0.25, -0.2) is 4.98 Å². The lowest BCUT2D eigenvalue weighted by Crippen LogP contribution is -2.39. The number of guanidine groups is 1. The monoisotopic (exact) mass is 485 g/mol. The maximum Gasteiger partial charge on any atom is 0.193 e. The van der Waals surface area contributed by atoms with E-state index in [2.05, 4.69) is 51.2 Å². The number of H-pyrrole nitrogens is 1. The molecule has 7 heteroatoms. The normalized spacial score (nSPS) is 11.4. The van der Waals surface area contributed by atoms with Crippen LogP contribution in [-0.4, -0.2) is 54.7 Å². The maximum atomic E-state index is 5.60. The maximum absolute atomic E-state index is 5.60. The fraction of sp³-hybridized carbons (Fsp3) is 0.500. The topological polar surface area (TPSA) is 65.5 Å². The Labute approximate surface area is 179 Å². The summed E-state index contributed by atoms with van der Waals surface area (Å²) in [7, 11) is 3.81. The molecule has 1 aromatic heterocycles. The number of hydrogen-bond donors (Lipinski definition) is 2. The van der Waals surface area contributed by atoms with E-state index in [1.807, 2.05) is 31.4 Å². The highest BCUT2D eigenvalue weighted by Gasteiger charge is 2.09. The number of imidazole rings is 1. The molecule has 0 radical (unpaired) electrons. The summed E-state index contributed by atoms with van der Waals surface area (Å²) in [4.78, 5) is 14.3. The predicted octanol–water partition coefficient (Wildman–Crippen LogP) is 3.76. The average molecular weight is 485 g/mol. The summed E-state index contributed by atoms with van der Waals surface area (Å²) in [5, 5.41) is 3.37. The first-order valence-corrected chi connectivity index (χ1v) is 9.19. The standard InChI is InChI=1S/C20H31N5O.HI/c1-16(2)15-26-12-8-11-22-20(21-3)25(4)14-19-23-13-18(24-19)17-9-6-5-7-10-17;/h5-7,9-10,13,16H,8,11-12,14-15H2,1-4H3,(H,21,22)(H,23,24);1H. The number of rotatable bonds is 9. The van der Waals surface area contributed by atoms with E-state index >= 15 is 0 Å². The van der Waals surface area contributed by atoms with Gasteiger partial charge in [-0.3, -0.25) is 4.99 Å². The summed E-state index contributed by atoms with van der Waals surface area (Å²) in [6, 6.07) is 10.2. The molecule has 0 aliphatic heterocycles. The highest BCUT2D eigenvalue weighted by Crippen LogP contribution is 2.16. The SMILES string of the molecule is CN=C(NCCCOCC(C)C)N(C)Cc1ncc(-c2ccccc2)[nH]1.I. The molecule has 0 saturated carbocycles. The fourth-order valence-corrected chi connectivity index (χ4v) is 2.58. The Kier molecular flexibility index (Phi) is 11.0. The van der Waals surface area contributed by atoms with Crippen LogP contribution in [0, 0.1) is 5.92 Å².